The standard InChI is InChI=1S/C18H11F4NO3/c19-15-8-4-2-6-13(15)16-9-11(23-26-16)10-25-17(24)12-5-1-3-7-14(12)18(20,21)22/h1-9H,10H2. The molecule has 1 aromatic heterocycles. The van der Waals surface area contributed by atoms with Gasteiger partial charge in [0, 0.05) is 6.07 Å². The van der Waals surface area contributed by atoms with Crippen molar-refractivity contribution in [1.29, 1.82) is 0 Å². The Labute approximate surface area is 145 Å². The number of hydrogen-bond acceptors (Lipinski definition) is 4. The van der Waals surface area contributed by atoms with Crippen LogP contribution in [0.3, 0.4) is 0 Å². The van der Waals surface area contributed by atoms with Gasteiger partial charge in [-0.2, -0.15) is 13.2 Å². The fraction of sp³-hybridized carbons (Fsp3) is 0.111. The minimum Gasteiger partial charge on any atom is -0.455 e. The van der Waals surface area contributed by atoms with Crippen LogP contribution in [0.2, 0.25) is 0 Å². The summed E-state index contributed by atoms with van der Waals surface area (Å²) >= 11 is 0. The molecule has 3 rings (SSSR count). The second kappa shape index (κ2) is 6.99. The molecule has 134 valence electrons. The maximum Gasteiger partial charge on any atom is 0.417 e. The third kappa shape index (κ3) is 3.74. The van der Waals surface area contributed by atoms with E-state index in [9.17, 15) is 22.4 Å². The molecule has 0 atom stereocenters. The third-order valence-corrected chi connectivity index (χ3v) is 3.50. The van der Waals surface area contributed by atoms with E-state index in [2.05, 4.69) is 5.16 Å². The summed E-state index contributed by atoms with van der Waals surface area (Å²) in [5.41, 5.74) is -1.38. The summed E-state index contributed by atoms with van der Waals surface area (Å²) in [5.74, 6) is -1.55. The van der Waals surface area contributed by atoms with Gasteiger partial charge in [0.05, 0.1) is 16.7 Å². The van der Waals surface area contributed by atoms with E-state index < -0.39 is 35.7 Å². The fourth-order valence-corrected chi connectivity index (χ4v) is 2.29. The zero-order valence-corrected chi connectivity index (χ0v) is 13.1. The van der Waals surface area contributed by atoms with E-state index in [1.54, 1.807) is 6.07 Å². The van der Waals surface area contributed by atoms with Gasteiger partial charge in [0.1, 0.15) is 18.1 Å². The Morgan fingerprint density at radius 1 is 1.08 bits per heavy atom. The smallest absolute Gasteiger partial charge is 0.417 e. The van der Waals surface area contributed by atoms with Gasteiger partial charge in [0.15, 0.2) is 5.76 Å². The average molecular weight is 365 g/mol. The lowest BCUT2D eigenvalue weighted by Gasteiger charge is -2.11. The topological polar surface area (TPSA) is 52.3 Å². The van der Waals surface area contributed by atoms with Gasteiger partial charge in [-0.1, -0.05) is 29.4 Å². The molecular formula is C18H11F4NO3. The lowest BCUT2D eigenvalue weighted by molar-refractivity contribution is -0.138. The molecule has 0 fully saturated rings. The number of alkyl halides is 3. The van der Waals surface area contributed by atoms with Crippen LogP contribution < -0.4 is 0 Å². The predicted molar refractivity (Wildman–Crippen MR) is 82.5 cm³/mol. The zero-order chi connectivity index (χ0) is 18.7. The molecule has 2 aromatic carbocycles. The molecule has 0 saturated carbocycles. The molecule has 0 aliphatic carbocycles. The highest BCUT2D eigenvalue weighted by Gasteiger charge is 2.35. The first kappa shape index (κ1) is 17.7. The number of benzene rings is 2. The molecule has 3 aromatic rings. The molecule has 1 heterocycles. The van der Waals surface area contributed by atoms with Crippen LogP contribution >= 0.6 is 0 Å². The van der Waals surface area contributed by atoms with Crippen LogP contribution in [0.25, 0.3) is 11.3 Å². The molecular weight excluding hydrogens is 354 g/mol. The van der Waals surface area contributed by atoms with Gasteiger partial charge in [-0.3, -0.25) is 0 Å². The molecule has 0 aliphatic heterocycles. The first-order valence-electron chi connectivity index (χ1n) is 7.40. The van der Waals surface area contributed by atoms with Gasteiger partial charge in [0.2, 0.25) is 0 Å². The van der Waals surface area contributed by atoms with Crippen molar-refractivity contribution in [2.24, 2.45) is 0 Å². The number of carbonyl (C=O) groups excluding carboxylic acids is 1. The molecule has 4 nitrogen and oxygen atoms in total. The quantitative estimate of drug-likeness (QED) is 0.490. The number of hydrogen-bond donors (Lipinski definition) is 0. The van der Waals surface area contributed by atoms with Crippen molar-refractivity contribution in [3.8, 4) is 11.3 Å². The molecule has 0 radical (unpaired) electrons. The van der Waals surface area contributed by atoms with E-state index in [4.69, 9.17) is 9.26 Å². The zero-order valence-electron chi connectivity index (χ0n) is 13.1. The van der Waals surface area contributed by atoms with Crippen LogP contribution in [0.15, 0.2) is 59.1 Å². The second-order valence-corrected chi connectivity index (χ2v) is 5.28. The summed E-state index contributed by atoms with van der Waals surface area (Å²) in [5, 5.41) is 3.63. The molecule has 0 spiro atoms. The van der Waals surface area contributed by atoms with Crippen LogP contribution in [0.1, 0.15) is 21.6 Å². The molecule has 26 heavy (non-hydrogen) atoms. The van der Waals surface area contributed by atoms with Crippen LogP contribution in [0, 0.1) is 5.82 Å². The Balaban J connectivity index is 1.73. The summed E-state index contributed by atoms with van der Waals surface area (Å²) in [6, 6.07) is 11.5. The van der Waals surface area contributed by atoms with Gasteiger partial charge in [-0.15, -0.1) is 0 Å². The van der Waals surface area contributed by atoms with E-state index >= 15 is 0 Å². The number of nitrogens with zero attached hydrogens (tertiary/aromatic N) is 1. The maximum absolute atomic E-state index is 13.7. The Kier molecular flexibility index (Phi) is 4.75. The largest absolute Gasteiger partial charge is 0.455 e. The highest BCUT2D eigenvalue weighted by Crippen LogP contribution is 2.32. The number of esters is 1. The highest BCUT2D eigenvalue weighted by molar-refractivity contribution is 5.91. The number of ether oxygens (including phenoxy) is 1. The number of carbonyl (C=O) groups is 1. The maximum atomic E-state index is 13.7. The lowest BCUT2D eigenvalue weighted by Crippen LogP contribution is -2.15. The Morgan fingerprint density at radius 2 is 1.77 bits per heavy atom. The van der Waals surface area contributed by atoms with Gasteiger partial charge in [0.25, 0.3) is 0 Å². The Hall–Kier alpha value is -3.16. The SMILES string of the molecule is O=C(OCc1cc(-c2ccccc2F)on1)c1ccccc1C(F)(F)F. The fourth-order valence-electron chi connectivity index (χ4n) is 2.29. The van der Waals surface area contributed by atoms with E-state index in [1.807, 2.05) is 0 Å². The van der Waals surface area contributed by atoms with Crippen molar-refractivity contribution >= 4 is 5.97 Å². The summed E-state index contributed by atoms with van der Waals surface area (Å²) in [6.45, 7) is -0.414. The van der Waals surface area contributed by atoms with E-state index in [1.165, 1.54) is 36.4 Å². The molecule has 0 saturated heterocycles. The Bertz CT molecular complexity index is 934. The van der Waals surface area contributed by atoms with Crippen molar-refractivity contribution in [2.45, 2.75) is 12.8 Å². The number of halogens is 4. The van der Waals surface area contributed by atoms with Crippen LogP contribution in [0.4, 0.5) is 17.6 Å². The summed E-state index contributed by atoms with van der Waals surface area (Å²) in [7, 11) is 0. The monoisotopic (exact) mass is 365 g/mol. The second-order valence-electron chi connectivity index (χ2n) is 5.28. The first-order chi connectivity index (χ1) is 12.4. The Morgan fingerprint density at radius 3 is 2.50 bits per heavy atom. The molecule has 8 heteroatoms. The molecule has 0 amide bonds. The van der Waals surface area contributed by atoms with Gasteiger partial charge in [-0.05, 0) is 24.3 Å². The first-order valence-corrected chi connectivity index (χ1v) is 7.40. The number of rotatable bonds is 4. The molecule has 0 N–H and O–H groups in total. The van der Waals surface area contributed by atoms with E-state index in [0.717, 1.165) is 12.1 Å². The van der Waals surface area contributed by atoms with Gasteiger partial charge < -0.3 is 9.26 Å². The van der Waals surface area contributed by atoms with Crippen molar-refractivity contribution in [3.63, 3.8) is 0 Å². The minimum atomic E-state index is -4.68. The minimum absolute atomic E-state index is 0.116. The summed E-state index contributed by atoms with van der Waals surface area (Å²) in [6.07, 6.45) is -4.68. The van der Waals surface area contributed by atoms with Crippen molar-refractivity contribution in [1.82, 2.24) is 5.16 Å². The third-order valence-electron chi connectivity index (χ3n) is 3.50. The number of aromatic nitrogens is 1. The van der Waals surface area contributed by atoms with E-state index in [-0.39, 0.29) is 17.0 Å². The van der Waals surface area contributed by atoms with Crippen LogP contribution in [-0.2, 0) is 17.5 Å². The normalized spacial score (nSPS) is 11.4. The van der Waals surface area contributed by atoms with Gasteiger partial charge in [-0.25, -0.2) is 9.18 Å². The highest BCUT2D eigenvalue weighted by atomic mass is 19.4. The van der Waals surface area contributed by atoms with Crippen molar-refractivity contribution < 1.29 is 31.6 Å². The summed E-state index contributed by atoms with van der Waals surface area (Å²) < 4.78 is 62.3. The van der Waals surface area contributed by atoms with Gasteiger partial charge >= 0.3 is 12.1 Å². The van der Waals surface area contributed by atoms with Crippen molar-refractivity contribution in [3.05, 3.63) is 77.2 Å². The average Bonchev–Trinajstić information content (AvgIpc) is 3.08. The predicted octanol–water partition coefficient (Wildman–Crippen LogP) is 4.86. The van der Waals surface area contributed by atoms with Crippen LogP contribution in [-0.4, -0.2) is 11.1 Å². The molecule has 0 aliphatic rings. The molecule has 0 unspecified atom stereocenters. The molecule has 0 bridgehead atoms. The lowest BCUT2D eigenvalue weighted by atomic mass is 10.1. The summed E-state index contributed by atoms with van der Waals surface area (Å²) in [4.78, 5) is 12.0. The van der Waals surface area contributed by atoms with Crippen LogP contribution in [0.5, 0.6) is 0 Å². The van der Waals surface area contributed by atoms with Crippen molar-refractivity contribution in [2.75, 3.05) is 0 Å². The van der Waals surface area contributed by atoms with E-state index in [0.29, 0.717) is 0 Å².